The predicted octanol–water partition coefficient (Wildman–Crippen LogP) is 5.08. The number of anilines is 2. The van der Waals surface area contributed by atoms with Gasteiger partial charge in [0.25, 0.3) is 0 Å². The molecule has 176 valence electrons. The van der Waals surface area contributed by atoms with Gasteiger partial charge in [0.1, 0.15) is 5.82 Å². The van der Waals surface area contributed by atoms with E-state index in [1.165, 1.54) is 42.3 Å². The molecule has 33 heavy (non-hydrogen) atoms. The Morgan fingerprint density at radius 3 is 2.42 bits per heavy atom. The van der Waals surface area contributed by atoms with E-state index in [-0.39, 0.29) is 0 Å². The average Bonchev–Trinajstić information content (AvgIpc) is 2.84. The lowest BCUT2D eigenvalue weighted by Crippen LogP contribution is -2.31. The van der Waals surface area contributed by atoms with Gasteiger partial charge in [0.05, 0.1) is 19.7 Å². The summed E-state index contributed by atoms with van der Waals surface area (Å²) in [5, 5.41) is 8.53. The molecular weight excluding hydrogens is 412 g/mol. The van der Waals surface area contributed by atoms with Crippen molar-refractivity contribution in [1.82, 2.24) is 10.3 Å². The highest BCUT2D eigenvalue weighted by Crippen LogP contribution is 2.31. The van der Waals surface area contributed by atoms with Crippen LogP contribution in [0.25, 0.3) is 10.9 Å². The van der Waals surface area contributed by atoms with E-state index in [2.05, 4.69) is 66.0 Å². The van der Waals surface area contributed by atoms with Crippen molar-refractivity contribution < 1.29 is 9.47 Å². The summed E-state index contributed by atoms with van der Waals surface area (Å²) in [4.78, 5) is 7.03. The molecule has 0 unspecified atom stereocenters. The summed E-state index contributed by atoms with van der Waals surface area (Å²) >= 11 is 0. The largest absolute Gasteiger partial charge is 0.493 e. The summed E-state index contributed by atoms with van der Waals surface area (Å²) in [6.45, 7) is 1.88. The maximum atomic E-state index is 5.41. The van der Waals surface area contributed by atoms with Crippen molar-refractivity contribution in [3.05, 3.63) is 54.1 Å². The van der Waals surface area contributed by atoms with Crippen molar-refractivity contribution in [2.24, 2.45) is 5.92 Å². The average molecular weight is 449 g/mol. The van der Waals surface area contributed by atoms with Gasteiger partial charge in [-0.25, -0.2) is 4.98 Å². The van der Waals surface area contributed by atoms with Gasteiger partial charge < -0.3 is 25.0 Å². The molecule has 1 aliphatic rings. The monoisotopic (exact) mass is 448 g/mol. The highest BCUT2D eigenvalue weighted by atomic mass is 16.5. The van der Waals surface area contributed by atoms with Gasteiger partial charge in [0.15, 0.2) is 11.5 Å². The minimum absolute atomic E-state index is 0.482. The lowest BCUT2D eigenvalue weighted by atomic mass is 9.86. The quantitative estimate of drug-likeness (QED) is 0.476. The second-order valence-electron chi connectivity index (χ2n) is 9.12. The van der Waals surface area contributed by atoms with Gasteiger partial charge in [-0.1, -0.05) is 24.3 Å². The molecule has 3 aromatic rings. The maximum absolute atomic E-state index is 5.41. The number of hydrogen-bond donors (Lipinski definition) is 2. The van der Waals surface area contributed by atoms with E-state index >= 15 is 0 Å². The van der Waals surface area contributed by atoms with Crippen molar-refractivity contribution in [1.29, 1.82) is 0 Å². The summed E-state index contributed by atoms with van der Waals surface area (Å²) in [5.74, 6) is 3.24. The first-order valence-electron chi connectivity index (χ1n) is 11.8. The Kier molecular flexibility index (Phi) is 7.55. The number of nitrogens with one attached hydrogen (secondary N) is 2. The molecule has 4 rings (SSSR count). The number of benzene rings is 2. The first kappa shape index (κ1) is 23.2. The number of rotatable bonds is 9. The van der Waals surface area contributed by atoms with Gasteiger partial charge >= 0.3 is 0 Å². The number of para-hydroxylation sites is 1. The van der Waals surface area contributed by atoms with Gasteiger partial charge in [-0.3, -0.25) is 0 Å². The molecule has 1 saturated carbocycles. The zero-order valence-electron chi connectivity index (χ0n) is 20.2. The summed E-state index contributed by atoms with van der Waals surface area (Å²) in [6, 6.07) is 17.1. The number of fused-ring (bicyclic) bond motifs is 1. The van der Waals surface area contributed by atoms with Gasteiger partial charge in [0, 0.05) is 43.8 Å². The zero-order valence-corrected chi connectivity index (χ0v) is 20.2. The number of methoxy groups -OCH3 is 2. The SMILES string of the molecule is COc1ccc(CNC[C@H]2CC[C@@H](Nc3cc(N(C)C)c4ccccc4n3)CC2)cc1OC. The third-order valence-electron chi connectivity index (χ3n) is 6.58. The van der Waals surface area contributed by atoms with Gasteiger partial charge in [-0.15, -0.1) is 0 Å². The Labute approximate surface area is 197 Å². The summed E-state index contributed by atoms with van der Waals surface area (Å²) in [7, 11) is 7.52. The van der Waals surface area contributed by atoms with E-state index < -0.39 is 0 Å². The van der Waals surface area contributed by atoms with Crippen LogP contribution in [0.2, 0.25) is 0 Å². The molecule has 0 spiro atoms. The zero-order chi connectivity index (χ0) is 23.2. The van der Waals surface area contributed by atoms with Crippen molar-refractivity contribution in [2.75, 3.05) is 45.1 Å². The van der Waals surface area contributed by atoms with Crippen LogP contribution in [0.3, 0.4) is 0 Å². The number of pyridine rings is 1. The Bertz CT molecular complexity index is 1060. The molecule has 0 atom stereocenters. The van der Waals surface area contributed by atoms with E-state index in [0.717, 1.165) is 35.9 Å². The standard InChI is InChI=1S/C27H36N4O2/c1-31(2)24-16-27(30-23-8-6-5-7-22(23)24)29-21-12-9-19(10-13-21)17-28-18-20-11-14-25(32-3)26(15-20)33-4/h5-8,11,14-16,19,21,28H,9-10,12-13,17-18H2,1-4H3,(H,29,30)/t19-,21+. The molecular formula is C27H36N4O2. The highest BCUT2D eigenvalue weighted by molar-refractivity contribution is 5.93. The second kappa shape index (κ2) is 10.8. The van der Waals surface area contributed by atoms with E-state index in [1.54, 1.807) is 14.2 Å². The van der Waals surface area contributed by atoms with Crippen LogP contribution in [-0.2, 0) is 6.54 Å². The van der Waals surface area contributed by atoms with Crippen LogP contribution in [0.15, 0.2) is 48.5 Å². The number of aromatic nitrogens is 1. The van der Waals surface area contributed by atoms with Gasteiger partial charge in [-0.05, 0) is 61.9 Å². The second-order valence-corrected chi connectivity index (χ2v) is 9.12. The Hall–Kier alpha value is -2.99. The third kappa shape index (κ3) is 5.69. The number of hydrogen-bond acceptors (Lipinski definition) is 6. The molecule has 2 aromatic carbocycles. The van der Waals surface area contributed by atoms with Crippen LogP contribution >= 0.6 is 0 Å². The topological polar surface area (TPSA) is 58.7 Å². The summed E-state index contributed by atoms with van der Waals surface area (Å²) in [5.41, 5.74) is 3.46. The fourth-order valence-electron chi connectivity index (χ4n) is 4.73. The van der Waals surface area contributed by atoms with E-state index in [1.807, 2.05) is 12.1 Å². The molecule has 0 saturated heterocycles. The van der Waals surface area contributed by atoms with E-state index in [4.69, 9.17) is 14.5 Å². The fourth-order valence-corrected chi connectivity index (χ4v) is 4.73. The molecule has 0 amide bonds. The van der Waals surface area contributed by atoms with Crippen LogP contribution in [0, 0.1) is 5.92 Å². The molecule has 1 heterocycles. The van der Waals surface area contributed by atoms with Crippen molar-refractivity contribution in [3.63, 3.8) is 0 Å². The lowest BCUT2D eigenvalue weighted by molar-refractivity contribution is 0.324. The maximum Gasteiger partial charge on any atom is 0.161 e. The molecule has 0 aliphatic heterocycles. The Morgan fingerprint density at radius 1 is 0.939 bits per heavy atom. The molecule has 0 radical (unpaired) electrons. The Balaban J connectivity index is 1.27. The van der Waals surface area contributed by atoms with Crippen molar-refractivity contribution in [2.45, 2.75) is 38.3 Å². The third-order valence-corrected chi connectivity index (χ3v) is 6.58. The van der Waals surface area contributed by atoms with Crippen molar-refractivity contribution in [3.8, 4) is 11.5 Å². The van der Waals surface area contributed by atoms with Crippen LogP contribution in [0.1, 0.15) is 31.2 Å². The van der Waals surface area contributed by atoms with Crippen LogP contribution < -0.4 is 25.0 Å². The predicted molar refractivity (Wildman–Crippen MR) is 137 cm³/mol. The van der Waals surface area contributed by atoms with Crippen LogP contribution in [0.5, 0.6) is 11.5 Å². The minimum Gasteiger partial charge on any atom is -0.493 e. The summed E-state index contributed by atoms with van der Waals surface area (Å²) < 4.78 is 10.7. The van der Waals surface area contributed by atoms with Crippen LogP contribution in [0.4, 0.5) is 11.5 Å². The number of ether oxygens (including phenoxy) is 2. The molecule has 6 nitrogen and oxygen atoms in total. The van der Waals surface area contributed by atoms with Gasteiger partial charge in [0.2, 0.25) is 0 Å². The summed E-state index contributed by atoms with van der Waals surface area (Å²) in [6.07, 6.45) is 4.80. The first-order valence-corrected chi connectivity index (χ1v) is 11.8. The Morgan fingerprint density at radius 2 is 1.70 bits per heavy atom. The normalized spacial score (nSPS) is 18.2. The lowest BCUT2D eigenvalue weighted by Gasteiger charge is -2.30. The van der Waals surface area contributed by atoms with E-state index in [9.17, 15) is 0 Å². The smallest absolute Gasteiger partial charge is 0.161 e. The molecule has 0 bridgehead atoms. The van der Waals surface area contributed by atoms with E-state index in [0.29, 0.717) is 12.0 Å². The van der Waals surface area contributed by atoms with Gasteiger partial charge in [-0.2, -0.15) is 0 Å². The molecule has 1 aliphatic carbocycles. The van der Waals surface area contributed by atoms with Crippen molar-refractivity contribution >= 4 is 22.4 Å². The molecule has 1 fully saturated rings. The first-order chi connectivity index (χ1) is 16.1. The highest BCUT2D eigenvalue weighted by Gasteiger charge is 2.21. The molecule has 2 N–H and O–H groups in total. The fraction of sp³-hybridized carbons (Fsp3) is 0.444. The minimum atomic E-state index is 0.482. The molecule has 1 aromatic heterocycles. The molecule has 6 heteroatoms. The van der Waals surface area contributed by atoms with Crippen LogP contribution in [-0.4, -0.2) is 45.9 Å². The number of nitrogens with zero attached hydrogens (tertiary/aromatic N) is 2.